The van der Waals surface area contributed by atoms with Gasteiger partial charge >= 0.3 is 0 Å². The van der Waals surface area contributed by atoms with Crippen LogP contribution in [0.15, 0.2) is 30.3 Å². The van der Waals surface area contributed by atoms with Gasteiger partial charge in [-0.05, 0) is 25.5 Å². The quantitative estimate of drug-likeness (QED) is 0.861. The molecule has 1 aromatic rings. The summed E-state index contributed by atoms with van der Waals surface area (Å²) in [6, 6.07) is 9.77. The van der Waals surface area contributed by atoms with Crippen molar-refractivity contribution in [3.8, 4) is 0 Å². The molecule has 0 bridgehead atoms. The van der Waals surface area contributed by atoms with Crippen LogP contribution in [0.2, 0.25) is 0 Å². The molecule has 0 aromatic heterocycles. The average molecular weight is 340 g/mol. The molecule has 128 valence electrons. The Hall–Kier alpha value is -1.59. The van der Waals surface area contributed by atoms with Crippen LogP contribution in [0.1, 0.15) is 37.8 Å². The first kappa shape index (κ1) is 19.5. The van der Waals surface area contributed by atoms with Crippen LogP contribution in [0, 0.1) is 0 Å². The SMILES string of the molecule is CNC1CCCN(C(=O)CC(NC(C)=O)c2ccccc2)C1.Cl. The lowest BCUT2D eigenvalue weighted by molar-refractivity contribution is -0.133. The third kappa shape index (κ3) is 5.84. The van der Waals surface area contributed by atoms with Crippen molar-refractivity contribution in [2.45, 2.75) is 38.3 Å². The zero-order valence-electron chi connectivity index (χ0n) is 13.7. The number of hydrogen-bond acceptors (Lipinski definition) is 3. The van der Waals surface area contributed by atoms with E-state index in [0.717, 1.165) is 31.5 Å². The van der Waals surface area contributed by atoms with Gasteiger partial charge in [0, 0.05) is 26.1 Å². The van der Waals surface area contributed by atoms with E-state index in [4.69, 9.17) is 0 Å². The highest BCUT2D eigenvalue weighted by atomic mass is 35.5. The third-order valence-corrected chi connectivity index (χ3v) is 4.14. The van der Waals surface area contributed by atoms with Crippen molar-refractivity contribution in [1.29, 1.82) is 0 Å². The van der Waals surface area contributed by atoms with Crippen LogP contribution in [0.5, 0.6) is 0 Å². The summed E-state index contributed by atoms with van der Waals surface area (Å²) in [5.41, 5.74) is 0.966. The van der Waals surface area contributed by atoms with Crippen molar-refractivity contribution in [2.24, 2.45) is 0 Å². The predicted octanol–water partition coefficient (Wildman–Crippen LogP) is 1.89. The first-order chi connectivity index (χ1) is 10.6. The molecular formula is C17H26ClN3O2. The van der Waals surface area contributed by atoms with Crippen molar-refractivity contribution >= 4 is 24.2 Å². The van der Waals surface area contributed by atoms with E-state index in [-0.39, 0.29) is 30.3 Å². The highest BCUT2D eigenvalue weighted by Crippen LogP contribution is 2.19. The Labute approximate surface area is 144 Å². The Morgan fingerprint density at radius 3 is 2.61 bits per heavy atom. The maximum Gasteiger partial charge on any atom is 0.225 e. The number of likely N-dealkylation sites (N-methyl/N-ethyl adjacent to an activating group) is 1. The van der Waals surface area contributed by atoms with Crippen molar-refractivity contribution in [3.63, 3.8) is 0 Å². The van der Waals surface area contributed by atoms with Crippen LogP contribution in [-0.4, -0.2) is 42.9 Å². The van der Waals surface area contributed by atoms with Gasteiger partial charge in [-0.15, -0.1) is 12.4 Å². The fourth-order valence-corrected chi connectivity index (χ4v) is 2.93. The van der Waals surface area contributed by atoms with Crippen molar-refractivity contribution < 1.29 is 9.59 Å². The molecule has 23 heavy (non-hydrogen) atoms. The van der Waals surface area contributed by atoms with Crippen LogP contribution in [0.3, 0.4) is 0 Å². The van der Waals surface area contributed by atoms with E-state index >= 15 is 0 Å². The van der Waals surface area contributed by atoms with Crippen LogP contribution in [0.4, 0.5) is 0 Å². The number of likely N-dealkylation sites (tertiary alicyclic amines) is 1. The zero-order chi connectivity index (χ0) is 15.9. The highest BCUT2D eigenvalue weighted by Gasteiger charge is 2.25. The lowest BCUT2D eigenvalue weighted by Crippen LogP contribution is -2.47. The highest BCUT2D eigenvalue weighted by molar-refractivity contribution is 5.85. The normalized spacial score (nSPS) is 18.7. The molecule has 1 saturated heterocycles. The van der Waals surface area contributed by atoms with Crippen LogP contribution < -0.4 is 10.6 Å². The molecule has 2 N–H and O–H groups in total. The number of carbonyl (C=O) groups is 2. The van der Waals surface area contributed by atoms with Gasteiger partial charge in [-0.1, -0.05) is 30.3 Å². The molecule has 2 rings (SSSR count). The molecule has 0 radical (unpaired) electrons. The maximum absolute atomic E-state index is 12.6. The number of hydrogen-bond donors (Lipinski definition) is 2. The summed E-state index contributed by atoms with van der Waals surface area (Å²) in [6.07, 6.45) is 2.43. The fraction of sp³-hybridized carbons (Fsp3) is 0.529. The number of amides is 2. The molecule has 0 saturated carbocycles. The first-order valence-corrected chi connectivity index (χ1v) is 7.87. The molecule has 1 aliphatic rings. The van der Waals surface area contributed by atoms with Crippen molar-refractivity contribution in [3.05, 3.63) is 35.9 Å². The van der Waals surface area contributed by atoms with E-state index in [1.807, 2.05) is 42.3 Å². The van der Waals surface area contributed by atoms with Gasteiger partial charge in [0.25, 0.3) is 0 Å². The smallest absolute Gasteiger partial charge is 0.225 e. The minimum absolute atomic E-state index is 0. The van der Waals surface area contributed by atoms with E-state index in [9.17, 15) is 9.59 Å². The van der Waals surface area contributed by atoms with Crippen LogP contribution >= 0.6 is 12.4 Å². The average Bonchev–Trinajstić information content (AvgIpc) is 2.54. The summed E-state index contributed by atoms with van der Waals surface area (Å²) in [6.45, 7) is 3.04. The Morgan fingerprint density at radius 2 is 2.00 bits per heavy atom. The molecule has 1 heterocycles. The van der Waals surface area contributed by atoms with Crippen LogP contribution in [-0.2, 0) is 9.59 Å². The van der Waals surface area contributed by atoms with Crippen molar-refractivity contribution in [2.75, 3.05) is 20.1 Å². The summed E-state index contributed by atoms with van der Waals surface area (Å²) in [5.74, 6) is -0.0176. The Balaban J connectivity index is 0.00000264. The number of piperidine rings is 1. The fourth-order valence-electron chi connectivity index (χ4n) is 2.93. The minimum atomic E-state index is -0.263. The second-order valence-corrected chi connectivity index (χ2v) is 5.84. The molecule has 5 nitrogen and oxygen atoms in total. The Bertz CT molecular complexity index is 510. The third-order valence-electron chi connectivity index (χ3n) is 4.14. The summed E-state index contributed by atoms with van der Waals surface area (Å²) in [4.78, 5) is 25.9. The molecule has 0 spiro atoms. The molecule has 1 fully saturated rings. The molecule has 2 amide bonds. The maximum atomic E-state index is 12.6. The van der Waals surface area contributed by atoms with E-state index in [0.29, 0.717) is 12.5 Å². The van der Waals surface area contributed by atoms with Gasteiger partial charge in [-0.2, -0.15) is 0 Å². The molecular weight excluding hydrogens is 314 g/mol. The largest absolute Gasteiger partial charge is 0.349 e. The van der Waals surface area contributed by atoms with Gasteiger partial charge < -0.3 is 15.5 Å². The lowest BCUT2D eigenvalue weighted by Gasteiger charge is -2.33. The van der Waals surface area contributed by atoms with Gasteiger partial charge in [-0.3, -0.25) is 9.59 Å². The zero-order valence-corrected chi connectivity index (χ0v) is 14.6. The van der Waals surface area contributed by atoms with E-state index in [1.165, 1.54) is 6.92 Å². The van der Waals surface area contributed by atoms with Gasteiger partial charge in [0.1, 0.15) is 0 Å². The first-order valence-electron chi connectivity index (χ1n) is 7.87. The predicted molar refractivity (Wildman–Crippen MR) is 93.5 cm³/mol. The number of halogens is 1. The summed E-state index contributed by atoms with van der Waals surface area (Å²) < 4.78 is 0. The lowest BCUT2D eigenvalue weighted by atomic mass is 10.0. The molecule has 1 aromatic carbocycles. The standard InChI is InChI=1S/C17H25N3O2.ClH/c1-13(21)19-16(14-7-4-3-5-8-14)11-17(22)20-10-6-9-15(12-20)18-2;/h3-5,7-8,15-16,18H,6,9-12H2,1-2H3,(H,19,21);1H. The molecule has 6 heteroatoms. The number of nitrogens with one attached hydrogen (secondary N) is 2. The van der Waals surface area contributed by atoms with Gasteiger partial charge in [0.2, 0.25) is 11.8 Å². The van der Waals surface area contributed by atoms with Gasteiger partial charge in [-0.25, -0.2) is 0 Å². The second-order valence-electron chi connectivity index (χ2n) is 5.84. The Kier molecular flexibility index (Phi) is 8.06. The number of carbonyl (C=O) groups excluding carboxylic acids is 2. The van der Waals surface area contributed by atoms with Crippen molar-refractivity contribution in [1.82, 2.24) is 15.5 Å². The van der Waals surface area contributed by atoms with E-state index in [2.05, 4.69) is 10.6 Å². The second kappa shape index (κ2) is 9.53. The molecule has 2 unspecified atom stereocenters. The topological polar surface area (TPSA) is 61.4 Å². The van der Waals surface area contributed by atoms with E-state index < -0.39 is 0 Å². The molecule has 2 atom stereocenters. The van der Waals surface area contributed by atoms with Crippen LogP contribution in [0.25, 0.3) is 0 Å². The van der Waals surface area contributed by atoms with Gasteiger partial charge in [0.15, 0.2) is 0 Å². The molecule has 1 aliphatic heterocycles. The summed E-state index contributed by atoms with van der Waals surface area (Å²) in [7, 11) is 1.93. The number of benzene rings is 1. The monoisotopic (exact) mass is 339 g/mol. The van der Waals surface area contributed by atoms with E-state index in [1.54, 1.807) is 0 Å². The van der Waals surface area contributed by atoms with Gasteiger partial charge in [0.05, 0.1) is 12.5 Å². The minimum Gasteiger partial charge on any atom is -0.349 e. The summed E-state index contributed by atoms with van der Waals surface area (Å²) >= 11 is 0. The number of rotatable bonds is 5. The summed E-state index contributed by atoms with van der Waals surface area (Å²) in [5, 5.41) is 6.13. The molecule has 0 aliphatic carbocycles. The number of nitrogens with zero attached hydrogens (tertiary/aromatic N) is 1. The Morgan fingerprint density at radius 1 is 1.30 bits per heavy atom.